The Hall–Kier alpha value is -1.61. The summed E-state index contributed by atoms with van der Waals surface area (Å²) in [7, 11) is 0. The Morgan fingerprint density at radius 1 is 1.31 bits per heavy atom. The van der Waals surface area contributed by atoms with Gasteiger partial charge in [0, 0.05) is 22.5 Å². The minimum absolute atomic E-state index is 0.0224. The number of benzene rings is 1. The van der Waals surface area contributed by atoms with Gasteiger partial charge in [-0.25, -0.2) is 0 Å². The summed E-state index contributed by atoms with van der Waals surface area (Å²) >= 11 is 0. The molecule has 2 aromatic rings. The third kappa shape index (κ3) is 2.31. The molecule has 16 heavy (non-hydrogen) atoms. The van der Waals surface area contributed by atoms with Crippen LogP contribution in [0.15, 0.2) is 35.1 Å². The lowest BCUT2D eigenvalue weighted by atomic mass is 10.1. The number of hydrogen-bond acceptors (Lipinski definition) is 1. The van der Waals surface area contributed by atoms with Crippen LogP contribution in [0.3, 0.4) is 0 Å². The van der Waals surface area contributed by atoms with Crippen molar-refractivity contribution in [1.82, 2.24) is 4.98 Å². The lowest BCUT2D eigenvalue weighted by molar-refractivity contribution is -0.697. The van der Waals surface area contributed by atoms with Gasteiger partial charge in [0.05, 0.1) is 6.04 Å². The zero-order valence-corrected chi connectivity index (χ0v) is 9.66. The first kappa shape index (κ1) is 10.9. The number of fused-ring (bicyclic) bond motifs is 1. The molecule has 0 fully saturated rings. The normalized spacial score (nSPS) is 11.2. The van der Waals surface area contributed by atoms with Gasteiger partial charge in [-0.3, -0.25) is 4.79 Å². The standard InChI is InChI=1S/C13H16N2O/c1-9(2)14-8-10-7-13(16)15-12-6-4-3-5-11(10)12/h3-7,9,14H,8H2,1-2H3,(H,15,16)/p+1. The lowest BCUT2D eigenvalue weighted by Crippen LogP contribution is -2.86. The van der Waals surface area contributed by atoms with Gasteiger partial charge < -0.3 is 10.3 Å². The van der Waals surface area contributed by atoms with E-state index in [0.29, 0.717) is 6.04 Å². The number of para-hydroxylation sites is 1. The average molecular weight is 217 g/mol. The molecule has 0 atom stereocenters. The Kier molecular flexibility index (Phi) is 3.06. The van der Waals surface area contributed by atoms with Crippen molar-refractivity contribution in [3.05, 3.63) is 46.2 Å². The smallest absolute Gasteiger partial charge is 0.248 e. The van der Waals surface area contributed by atoms with Crippen LogP contribution in [0.2, 0.25) is 0 Å². The quantitative estimate of drug-likeness (QED) is 0.791. The molecule has 1 aromatic heterocycles. The first-order valence-corrected chi connectivity index (χ1v) is 5.61. The Morgan fingerprint density at radius 3 is 2.81 bits per heavy atom. The molecule has 1 heterocycles. The van der Waals surface area contributed by atoms with Crippen molar-refractivity contribution in [3.8, 4) is 0 Å². The highest BCUT2D eigenvalue weighted by Crippen LogP contribution is 2.13. The number of nitrogens with two attached hydrogens (primary N) is 1. The summed E-state index contributed by atoms with van der Waals surface area (Å²) in [5.74, 6) is 0. The molecule has 0 amide bonds. The van der Waals surface area contributed by atoms with Crippen molar-refractivity contribution in [1.29, 1.82) is 0 Å². The Morgan fingerprint density at radius 2 is 2.06 bits per heavy atom. The number of quaternary nitrogens is 1. The highest BCUT2D eigenvalue weighted by molar-refractivity contribution is 5.81. The molecular formula is C13H17N2O+. The second-order valence-corrected chi connectivity index (χ2v) is 4.39. The molecule has 0 radical (unpaired) electrons. The van der Waals surface area contributed by atoms with E-state index >= 15 is 0 Å². The molecule has 0 aliphatic rings. The highest BCUT2D eigenvalue weighted by atomic mass is 16.1. The van der Waals surface area contributed by atoms with Crippen LogP contribution in [0.1, 0.15) is 19.4 Å². The summed E-state index contributed by atoms with van der Waals surface area (Å²) in [6.45, 7) is 5.15. The number of H-pyrrole nitrogens is 1. The van der Waals surface area contributed by atoms with Crippen LogP contribution in [0.5, 0.6) is 0 Å². The largest absolute Gasteiger partial charge is 0.341 e. The van der Waals surface area contributed by atoms with Gasteiger partial charge in [0.25, 0.3) is 0 Å². The molecule has 2 rings (SSSR count). The van der Waals surface area contributed by atoms with Crippen LogP contribution in [-0.4, -0.2) is 11.0 Å². The second-order valence-electron chi connectivity index (χ2n) is 4.39. The maximum atomic E-state index is 11.5. The molecule has 0 saturated heterocycles. The van der Waals surface area contributed by atoms with Gasteiger partial charge in [-0.1, -0.05) is 18.2 Å². The fraction of sp³-hybridized carbons (Fsp3) is 0.308. The van der Waals surface area contributed by atoms with Crippen LogP contribution in [0.25, 0.3) is 10.9 Å². The van der Waals surface area contributed by atoms with Gasteiger partial charge in [-0.2, -0.15) is 0 Å². The van der Waals surface area contributed by atoms with Crippen molar-refractivity contribution in [3.63, 3.8) is 0 Å². The zero-order valence-electron chi connectivity index (χ0n) is 9.66. The van der Waals surface area contributed by atoms with E-state index in [9.17, 15) is 4.79 Å². The molecular weight excluding hydrogens is 200 g/mol. The van der Waals surface area contributed by atoms with Crippen molar-refractivity contribution in [2.24, 2.45) is 0 Å². The molecule has 3 N–H and O–H groups in total. The summed E-state index contributed by atoms with van der Waals surface area (Å²) in [6, 6.07) is 10.2. The number of aromatic nitrogens is 1. The third-order valence-corrected chi connectivity index (χ3v) is 2.65. The monoisotopic (exact) mass is 217 g/mol. The number of hydrogen-bond donors (Lipinski definition) is 2. The van der Waals surface area contributed by atoms with Crippen molar-refractivity contribution < 1.29 is 5.32 Å². The van der Waals surface area contributed by atoms with Crippen LogP contribution in [0, 0.1) is 0 Å². The first-order chi connectivity index (χ1) is 7.66. The topological polar surface area (TPSA) is 49.5 Å². The molecule has 84 valence electrons. The SMILES string of the molecule is CC(C)[NH2+]Cc1cc(=O)[nH]c2ccccc12. The van der Waals surface area contributed by atoms with E-state index in [1.54, 1.807) is 6.07 Å². The van der Waals surface area contributed by atoms with E-state index in [1.165, 1.54) is 0 Å². The summed E-state index contributed by atoms with van der Waals surface area (Å²) < 4.78 is 0. The molecule has 3 heteroatoms. The number of pyridine rings is 1. The lowest BCUT2D eigenvalue weighted by Gasteiger charge is -2.07. The molecule has 0 bridgehead atoms. The van der Waals surface area contributed by atoms with Gasteiger partial charge >= 0.3 is 0 Å². The van der Waals surface area contributed by atoms with E-state index < -0.39 is 0 Å². The van der Waals surface area contributed by atoms with Gasteiger partial charge in [0.1, 0.15) is 6.54 Å². The fourth-order valence-electron chi connectivity index (χ4n) is 1.81. The summed E-state index contributed by atoms with van der Waals surface area (Å²) in [6.07, 6.45) is 0. The number of rotatable bonds is 3. The Bertz CT molecular complexity index is 543. The molecule has 1 aromatic carbocycles. The second kappa shape index (κ2) is 4.49. The van der Waals surface area contributed by atoms with E-state index in [-0.39, 0.29) is 5.56 Å². The minimum atomic E-state index is -0.0224. The van der Waals surface area contributed by atoms with E-state index in [4.69, 9.17) is 0 Å². The number of aromatic amines is 1. The first-order valence-electron chi connectivity index (χ1n) is 5.61. The van der Waals surface area contributed by atoms with Crippen LogP contribution < -0.4 is 10.9 Å². The Balaban J connectivity index is 2.46. The molecule has 0 saturated carbocycles. The van der Waals surface area contributed by atoms with E-state index in [2.05, 4.69) is 30.2 Å². The van der Waals surface area contributed by atoms with Gasteiger partial charge in [0.2, 0.25) is 5.56 Å². The predicted molar refractivity (Wildman–Crippen MR) is 65.3 cm³/mol. The third-order valence-electron chi connectivity index (χ3n) is 2.65. The molecule has 0 spiro atoms. The number of nitrogens with one attached hydrogen (secondary N) is 1. The van der Waals surface area contributed by atoms with Gasteiger partial charge in [-0.15, -0.1) is 0 Å². The molecule has 0 aliphatic carbocycles. The summed E-state index contributed by atoms with van der Waals surface area (Å²) in [5, 5.41) is 3.36. The maximum Gasteiger partial charge on any atom is 0.248 e. The van der Waals surface area contributed by atoms with E-state index in [0.717, 1.165) is 23.0 Å². The maximum absolute atomic E-state index is 11.5. The highest BCUT2D eigenvalue weighted by Gasteiger charge is 2.05. The summed E-state index contributed by atoms with van der Waals surface area (Å²) in [4.78, 5) is 14.3. The molecule has 0 unspecified atom stereocenters. The summed E-state index contributed by atoms with van der Waals surface area (Å²) in [5.41, 5.74) is 2.00. The van der Waals surface area contributed by atoms with Crippen LogP contribution in [-0.2, 0) is 6.54 Å². The average Bonchev–Trinajstić information content (AvgIpc) is 2.25. The minimum Gasteiger partial charge on any atom is -0.341 e. The van der Waals surface area contributed by atoms with Gasteiger partial charge in [0.15, 0.2) is 0 Å². The van der Waals surface area contributed by atoms with Gasteiger partial charge in [-0.05, 0) is 19.9 Å². The zero-order chi connectivity index (χ0) is 11.5. The predicted octanol–water partition coefficient (Wildman–Crippen LogP) is 1.000. The Labute approximate surface area is 94.5 Å². The fourth-order valence-corrected chi connectivity index (χ4v) is 1.81. The molecule has 0 aliphatic heterocycles. The van der Waals surface area contributed by atoms with Crippen molar-refractivity contribution in [2.45, 2.75) is 26.4 Å². The van der Waals surface area contributed by atoms with Crippen molar-refractivity contribution in [2.75, 3.05) is 0 Å². The van der Waals surface area contributed by atoms with Crippen LogP contribution in [0.4, 0.5) is 0 Å². The van der Waals surface area contributed by atoms with Crippen LogP contribution >= 0.6 is 0 Å². The van der Waals surface area contributed by atoms with Crippen molar-refractivity contribution >= 4 is 10.9 Å². The van der Waals surface area contributed by atoms with E-state index in [1.807, 2.05) is 18.2 Å². The molecule has 3 nitrogen and oxygen atoms in total.